The van der Waals surface area contributed by atoms with Gasteiger partial charge in [0, 0.05) is 11.6 Å². The van der Waals surface area contributed by atoms with Crippen molar-refractivity contribution in [2.24, 2.45) is 5.10 Å². The molecule has 0 aliphatic heterocycles. The number of allylic oxidation sites excluding steroid dienone is 2. The van der Waals surface area contributed by atoms with Gasteiger partial charge in [-0.3, -0.25) is 19.7 Å². The third-order valence-electron chi connectivity index (χ3n) is 4.36. The van der Waals surface area contributed by atoms with Crippen LogP contribution in [0.1, 0.15) is 27.7 Å². The number of nitrogens with one attached hydrogen (secondary N) is 2. The van der Waals surface area contributed by atoms with Crippen LogP contribution in [0.25, 0.3) is 6.08 Å². The maximum absolute atomic E-state index is 12.8. The van der Waals surface area contributed by atoms with Crippen molar-refractivity contribution < 1.29 is 14.5 Å². The molecule has 33 heavy (non-hydrogen) atoms. The van der Waals surface area contributed by atoms with Crippen molar-refractivity contribution in [3.05, 3.63) is 116 Å². The molecule has 0 spiro atoms. The molecule has 0 radical (unpaired) electrons. The largest absolute Gasteiger partial charge is 0.317 e. The van der Waals surface area contributed by atoms with Crippen LogP contribution in [0.15, 0.2) is 95.1 Å². The Morgan fingerprint density at radius 3 is 2.36 bits per heavy atom. The average Bonchev–Trinajstić information content (AvgIpc) is 3.34. The van der Waals surface area contributed by atoms with Crippen LogP contribution >= 0.6 is 11.3 Å². The molecule has 3 aromatic rings. The number of hydrogen-bond donors (Lipinski definition) is 2. The molecule has 0 bridgehead atoms. The van der Waals surface area contributed by atoms with Crippen LogP contribution in [-0.4, -0.2) is 22.4 Å². The minimum Gasteiger partial charge on any atom is -0.317 e. The molecule has 2 N–H and O–H groups in total. The highest BCUT2D eigenvalue weighted by Crippen LogP contribution is 2.21. The van der Waals surface area contributed by atoms with Crippen LogP contribution in [0.4, 0.5) is 5.69 Å². The zero-order valence-corrected chi connectivity index (χ0v) is 18.4. The van der Waals surface area contributed by atoms with Gasteiger partial charge in [0.15, 0.2) is 0 Å². The van der Waals surface area contributed by atoms with Gasteiger partial charge in [0.2, 0.25) is 0 Å². The van der Waals surface area contributed by atoms with Crippen LogP contribution in [0, 0.1) is 10.1 Å². The predicted molar refractivity (Wildman–Crippen MR) is 129 cm³/mol. The molecule has 0 saturated heterocycles. The minimum atomic E-state index is -0.637. The highest BCUT2D eigenvalue weighted by Gasteiger charge is 2.15. The summed E-state index contributed by atoms with van der Waals surface area (Å²) >= 11 is 1.15. The summed E-state index contributed by atoms with van der Waals surface area (Å²) in [5.74, 6) is -1.08. The van der Waals surface area contributed by atoms with E-state index >= 15 is 0 Å². The van der Waals surface area contributed by atoms with Gasteiger partial charge in [-0.05, 0) is 30.7 Å². The van der Waals surface area contributed by atoms with E-state index in [1.807, 2.05) is 30.3 Å². The number of nitrogens with zero attached hydrogens (tertiary/aromatic N) is 2. The standard InChI is InChI=1S/C24H20N4O4S/c1-17(22-15-20(16-33-22)28(31)32)26-27-24(30)21(14-8-11-18-9-4-2-5-10-18)25-23(29)19-12-6-3-7-13-19/h2-16H,1H3,(H,25,29)(H,27,30). The summed E-state index contributed by atoms with van der Waals surface area (Å²) in [4.78, 5) is 36.2. The maximum atomic E-state index is 12.8. The van der Waals surface area contributed by atoms with Crippen molar-refractivity contribution >= 4 is 40.6 Å². The molecule has 166 valence electrons. The molecule has 8 nitrogen and oxygen atoms in total. The molecule has 2 aromatic carbocycles. The molecular formula is C24H20N4O4S. The van der Waals surface area contributed by atoms with Gasteiger partial charge in [0.05, 0.1) is 20.9 Å². The third kappa shape index (κ3) is 6.81. The molecule has 1 heterocycles. The topological polar surface area (TPSA) is 114 Å². The highest BCUT2D eigenvalue weighted by molar-refractivity contribution is 7.12. The fourth-order valence-electron chi connectivity index (χ4n) is 2.64. The second kappa shape index (κ2) is 11.3. The highest BCUT2D eigenvalue weighted by atomic mass is 32.1. The summed E-state index contributed by atoms with van der Waals surface area (Å²) in [5.41, 5.74) is 4.06. The molecule has 0 aliphatic carbocycles. The smallest absolute Gasteiger partial charge is 0.287 e. The maximum Gasteiger partial charge on any atom is 0.287 e. The fourth-order valence-corrected chi connectivity index (χ4v) is 3.45. The Bertz CT molecular complexity index is 1230. The first-order valence-electron chi connectivity index (χ1n) is 9.82. The fraction of sp³-hybridized carbons (Fsp3) is 0.0417. The van der Waals surface area contributed by atoms with Gasteiger partial charge in [-0.25, -0.2) is 5.43 Å². The van der Waals surface area contributed by atoms with Crippen LogP contribution in [0.3, 0.4) is 0 Å². The second-order valence-electron chi connectivity index (χ2n) is 6.73. The lowest BCUT2D eigenvalue weighted by Gasteiger charge is -2.08. The van der Waals surface area contributed by atoms with E-state index in [0.717, 1.165) is 16.9 Å². The Morgan fingerprint density at radius 1 is 1.06 bits per heavy atom. The number of carbonyl (C=O) groups excluding carboxylic acids is 2. The van der Waals surface area contributed by atoms with Crippen LogP contribution in [0.2, 0.25) is 0 Å². The molecule has 0 unspecified atom stereocenters. The van der Waals surface area contributed by atoms with E-state index in [1.165, 1.54) is 17.5 Å². The lowest BCUT2D eigenvalue weighted by molar-refractivity contribution is -0.384. The SMILES string of the molecule is CC(=NNC(=O)C(=CC=Cc1ccccc1)NC(=O)c1ccccc1)c1cc([N+](=O)[O-])cs1. The number of thiophene rings is 1. The second-order valence-corrected chi connectivity index (χ2v) is 7.65. The molecule has 0 saturated carbocycles. The van der Waals surface area contributed by atoms with Crippen LogP contribution < -0.4 is 10.7 Å². The van der Waals surface area contributed by atoms with Gasteiger partial charge in [0.1, 0.15) is 5.70 Å². The van der Waals surface area contributed by atoms with E-state index in [2.05, 4.69) is 15.8 Å². The van der Waals surface area contributed by atoms with E-state index in [9.17, 15) is 19.7 Å². The van der Waals surface area contributed by atoms with Crippen molar-refractivity contribution in [3.8, 4) is 0 Å². The Balaban J connectivity index is 1.78. The summed E-state index contributed by atoms with van der Waals surface area (Å²) in [6.07, 6.45) is 4.92. The number of hydrogen-bond acceptors (Lipinski definition) is 6. The van der Waals surface area contributed by atoms with Gasteiger partial charge in [0.25, 0.3) is 17.5 Å². The number of carbonyl (C=O) groups is 2. The van der Waals surface area contributed by atoms with Crippen molar-refractivity contribution in [3.63, 3.8) is 0 Å². The van der Waals surface area contributed by atoms with E-state index in [4.69, 9.17) is 0 Å². The van der Waals surface area contributed by atoms with Crippen molar-refractivity contribution in [1.82, 2.24) is 10.7 Å². The first-order chi connectivity index (χ1) is 15.9. The first-order valence-corrected chi connectivity index (χ1v) is 10.7. The van der Waals surface area contributed by atoms with Gasteiger partial charge in [-0.15, -0.1) is 11.3 Å². The van der Waals surface area contributed by atoms with Gasteiger partial charge >= 0.3 is 0 Å². The molecule has 0 atom stereocenters. The summed E-state index contributed by atoms with van der Waals surface area (Å²) < 4.78 is 0. The zero-order chi connectivity index (χ0) is 23.6. The molecule has 0 aliphatic rings. The van der Waals surface area contributed by atoms with Crippen molar-refractivity contribution in [2.75, 3.05) is 0 Å². The number of hydrazone groups is 1. The van der Waals surface area contributed by atoms with E-state index < -0.39 is 16.7 Å². The van der Waals surface area contributed by atoms with Crippen LogP contribution in [-0.2, 0) is 4.79 Å². The van der Waals surface area contributed by atoms with Gasteiger partial charge < -0.3 is 5.32 Å². The molecule has 0 fully saturated rings. The van der Waals surface area contributed by atoms with Crippen molar-refractivity contribution in [1.29, 1.82) is 0 Å². The monoisotopic (exact) mass is 460 g/mol. The Labute approximate surface area is 194 Å². The van der Waals surface area contributed by atoms with E-state index in [-0.39, 0.29) is 11.4 Å². The number of amides is 2. The van der Waals surface area contributed by atoms with Gasteiger partial charge in [-0.1, -0.05) is 60.7 Å². The van der Waals surface area contributed by atoms with E-state index in [0.29, 0.717) is 16.2 Å². The van der Waals surface area contributed by atoms with E-state index in [1.54, 1.807) is 49.4 Å². The quantitative estimate of drug-likeness (QED) is 0.169. The van der Waals surface area contributed by atoms with Gasteiger partial charge in [-0.2, -0.15) is 5.10 Å². The molecule has 2 amide bonds. The summed E-state index contributed by atoms with van der Waals surface area (Å²) in [6.45, 7) is 1.62. The Hall–Kier alpha value is -4.37. The lowest BCUT2D eigenvalue weighted by Crippen LogP contribution is -2.33. The molecular weight excluding hydrogens is 440 g/mol. The molecule has 3 rings (SSSR count). The Morgan fingerprint density at radius 2 is 1.73 bits per heavy atom. The zero-order valence-electron chi connectivity index (χ0n) is 17.6. The molecule has 9 heteroatoms. The summed E-state index contributed by atoms with van der Waals surface area (Å²) in [7, 11) is 0. The molecule has 1 aromatic heterocycles. The number of nitro groups is 1. The first kappa shape index (κ1) is 23.3. The predicted octanol–water partition coefficient (Wildman–Crippen LogP) is 4.52. The minimum absolute atomic E-state index is 0.00950. The van der Waals surface area contributed by atoms with Crippen LogP contribution in [0.5, 0.6) is 0 Å². The number of benzene rings is 2. The average molecular weight is 461 g/mol. The normalized spacial score (nSPS) is 11.9. The lowest BCUT2D eigenvalue weighted by atomic mass is 10.2. The summed E-state index contributed by atoms with van der Waals surface area (Å²) in [5, 5.41) is 18.9. The summed E-state index contributed by atoms with van der Waals surface area (Å²) in [6, 6.07) is 19.4. The number of rotatable bonds is 8. The Kier molecular flexibility index (Phi) is 7.98. The van der Waals surface area contributed by atoms with Crippen molar-refractivity contribution in [2.45, 2.75) is 6.92 Å². The third-order valence-corrected chi connectivity index (χ3v) is 5.38.